The van der Waals surface area contributed by atoms with Crippen LogP contribution in [-0.4, -0.2) is 19.5 Å². The molecular weight excluding hydrogens is 190 g/mol. The molecule has 0 spiro atoms. The van der Waals surface area contributed by atoms with Crippen LogP contribution < -0.4 is 15.5 Å². The summed E-state index contributed by atoms with van der Waals surface area (Å²) >= 11 is 0. The summed E-state index contributed by atoms with van der Waals surface area (Å²) in [5, 5.41) is 6.18. The fourth-order valence-corrected chi connectivity index (χ4v) is 1.63. The number of amidine groups is 1. The van der Waals surface area contributed by atoms with Gasteiger partial charge in [-0.2, -0.15) is 5.10 Å². The van der Waals surface area contributed by atoms with E-state index >= 15 is 0 Å². The molecule has 0 aromatic heterocycles. The van der Waals surface area contributed by atoms with Crippen LogP contribution in [0, 0.1) is 5.92 Å². The first-order valence-corrected chi connectivity index (χ1v) is 4.97. The van der Waals surface area contributed by atoms with Gasteiger partial charge in [-0.1, -0.05) is 19.1 Å². The smallest absolute Gasteiger partial charge is 0.144 e. The van der Waals surface area contributed by atoms with E-state index in [1.807, 2.05) is 29.3 Å². The lowest BCUT2D eigenvalue weighted by atomic mass is 10.2. The summed E-state index contributed by atoms with van der Waals surface area (Å²) in [5.74, 6) is 1.80. The zero-order valence-electron chi connectivity index (χ0n) is 8.97. The molecule has 80 valence electrons. The van der Waals surface area contributed by atoms with Crippen LogP contribution in [0.1, 0.15) is 6.92 Å². The zero-order valence-corrected chi connectivity index (χ0v) is 8.97. The second-order valence-corrected chi connectivity index (χ2v) is 3.68. The van der Waals surface area contributed by atoms with E-state index in [1.165, 1.54) is 0 Å². The Bertz CT molecular complexity index is 389. The van der Waals surface area contributed by atoms with Crippen molar-refractivity contribution in [3.05, 3.63) is 24.3 Å². The van der Waals surface area contributed by atoms with Crippen molar-refractivity contribution in [2.45, 2.75) is 6.92 Å². The molecule has 0 aliphatic carbocycles. The standard InChI is InChI=1S/C11H15N3O/c1-8-7-14(13-11(8)12)9-5-3-4-6-10(9)15-2/h3-6,8H,7H2,1-2H3,(H2,12,13). The molecule has 2 N–H and O–H groups in total. The first kappa shape index (κ1) is 9.83. The molecule has 1 heterocycles. The van der Waals surface area contributed by atoms with E-state index in [4.69, 9.17) is 10.5 Å². The number of anilines is 1. The summed E-state index contributed by atoms with van der Waals surface area (Å²) in [4.78, 5) is 0. The molecule has 0 radical (unpaired) electrons. The molecule has 4 nitrogen and oxygen atoms in total. The van der Waals surface area contributed by atoms with Crippen LogP contribution in [0.5, 0.6) is 5.75 Å². The molecule has 4 heteroatoms. The number of benzene rings is 1. The Morgan fingerprint density at radius 2 is 2.20 bits per heavy atom. The summed E-state index contributed by atoms with van der Waals surface area (Å²) in [5.41, 5.74) is 6.73. The van der Waals surface area contributed by atoms with E-state index in [0.29, 0.717) is 11.8 Å². The van der Waals surface area contributed by atoms with Crippen LogP contribution in [0.4, 0.5) is 5.69 Å². The lowest BCUT2D eigenvalue weighted by Gasteiger charge is -2.17. The maximum atomic E-state index is 5.77. The van der Waals surface area contributed by atoms with E-state index in [2.05, 4.69) is 12.0 Å². The van der Waals surface area contributed by atoms with E-state index in [1.54, 1.807) is 7.11 Å². The van der Waals surface area contributed by atoms with Gasteiger partial charge in [0, 0.05) is 5.92 Å². The Morgan fingerprint density at radius 1 is 1.47 bits per heavy atom. The lowest BCUT2D eigenvalue weighted by Crippen LogP contribution is -2.20. The van der Waals surface area contributed by atoms with Gasteiger partial charge in [-0.25, -0.2) is 0 Å². The van der Waals surface area contributed by atoms with E-state index in [0.717, 1.165) is 18.0 Å². The van der Waals surface area contributed by atoms with Crippen molar-refractivity contribution >= 4 is 11.5 Å². The maximum Gasteiger partial charge on any atom is 0.144 e. The molecule has 0 saturated carbocycles. The van der Waals surface area contributed by atoms with Gasteiger partial charge in [0.1, 0.15) is 17.3 Å². The Hall–Kier alpha value is -1.71. The van der Waals surface area contributed by atoms with Gasteiger partial charge in [0.25, 0.3) is 0 Å². The highest BCUT2D eigenvalue weighted by atomic mass is 16.5. The monoisotopic (exact) mass is 205 g/mol. The summed E-state index contributed by atoms with van der Waals surface area (Å²) in [6.45, 7) is 2.88. The fourth-order valence-electron chi connectivity index (χ4n) is 1.63. The number of hydrogen-bond donors (Lipinski definition) is 1. The zero-order chi connectivity index (χ0) is 10.8. The predicted molar refractivity (Wildman–Crippen MR) is 61.1 cm³/mol. The van der Waals surface area contributed by atoms with Gasteiger partial charge in [0.05, 0.1) is 13.7 Å². The third-order valence-electron chi connectivity index (χ3n) is 2.55. The van der Waals surface area contributed by atoms with Crippen LogP contribution in [-0.2, 0) is 0 Å². The Morgan fingerprint density at radius 3 is 2.80 bits per heavy atom. The first-order valence-electron chi connectivity index (χ1n) is 4.97. The van der Waals surface area contributed by atoms with E-state index in [-0.39, 0.29) is 0 Å². The van der Waals surface area contributed by atoms with Gasteiger partial charge in [-0.15, -0.1) is 0 Å². The predicted octanol–water partition coefficient (Wildman–Crippen LogP) is 1.42. The molecule has 2 rings (SSSR count). The minimum Gasteiger partial charge on any atom is -0.495 e. The quantitative estimate of drug-likeness (QED) is 0.794. The highest BCUT2D eigenvalue weighted by molar-refractivity contribution is 5.86. The topological polar surface area (TPSA) is 50.9 Å². The molecule has 1 aromatic carbocycles. The molecule has 1 aromatic rings. The summed E-state index contributed by atoms with van der Waals surface area (Å²) in [6, 6.07) is 7.80. The van der Waals surface area contributed by atoms with Gasteiger partial charge in [-0.3, -0.25) is 5.01 Å². The number of nitrogens with two attached hydrogens (primary N) is 1. The molecule has 1 aliphatic rings. The number of ether oxygens (including phenoxy) is 1. The van der Waals surface area contributed by atoms with Crippen LogP contribution in [0.15, 0.2) is 29.4 Å². The van der Waals surface area contributed by atoms with Gasteiger partial charge in [-0.05, 0) is 12.1 Å². The van der Waals surface area contributed by atoms with Gasteiger partial charge < -0.3 is 10.5 Å². The summed E-state index contributed by atoms with van der Waals surface area (Å²) in [6.07, 6.45) is 0. The second-order valence-electron chi connectivity index (χ2n) is 3.68. The fraction of sp³-hybridized carbons (Fsp3) is 0.364. The van der Waals surface area contributed by atoms with Crippen LogP contribution in [0.25, 0.3) is 0 Å². The molecule has 1 atom stereocenters. The van der Waals surface area contributed by atoms with E-state index < -0.39 is 0 Å². The van der Waals surface area contributed by atoms with E-state index in [9.17, 15) is 0 Å². The molecule has 0 amide bonds. The number of hydrazone groups is 1. The number of hydrogen-bond acceptors (Lipinski definition) is 4. The van der Waals surface area contributed by atoms with Crippen molar-refractivity contribution in [1.29, 1.82) is 0 Å². The lowest BCUT2D eigenvalue weighted by molar-refractivity contribution is 0.414. The summed E-state index contributed by atoms with van der Waals surface area (Å²) < 4.78 is 5.28. The third kappa shape index (κ3) is 1.75. The number of methoxy groups -OCH3 is 1. The molecule has 15 heavy (non-hydrogen) atoms. The summed E-state index contributed by atoms with van der Waals surface area (Å²) in [7, 11) is 1.66. The van der Waals surface area contributed by atoms with Crippen molar-refractivity contribution in [2.75, 3.05) is 18.7 Å². The third-order valence-corrected chi connectivity index (χ3v) is 2.55. The minimum atomic E-state index is 0.301. The molecule has 1 unspecified atom stereocenters. The Labute approximate surface area is 89.3 Å². The van der Waals surface area contributed by atoms with Crippen molar-refractivity contribution < 1.29 is 4.74 Å². The molecular formula is C11H15N3O. The van der Waals surface area contributed by atoms with Gasteiger partial charge >= 0.3 is 0 Å². The average Bonchev–Trinajstić information content (AvgIpc) is 2.59. The van der Waals surface area contributed by atoms with Crippen molar-refractivity contribution in [2.24, 2.45) is 16.8 Å². The maximum absolute atomic E-state index is 5.77. The van der Waals surface area contributed by atoms with Crippen LogP contribution >= 0.6 is 0 Å². The number of para-hydroxylation sites is 2. The number of nitrogens with zero attached hydrogens (tertiary/aromatic N) is 2. The molecule has 0 fully saturated rings. The second kappa shape index (κ2) is 3.81. The average molecular weight is 205 g/mol. The van der Waals surface area contributed by atoms with Crippen LogP contribution in [0.3, 0.4) is 0 Å². The van der Waals surface area contributed by atoms with Gasteiger partial charge in [0.2, 0.25) is 0 Å². The van der Waals surface area contributed by atoms with Crippen LogP contribution in [0.2, 0.25) is 0 Å². The van der Waals surface area contributed by atoms with Gasteiger partial charge in [0.15, 0.2) is 0 Å². The highest BCUT2D eigenvalue weighted by Gasteiger charge is 2.22. The van der Waals surface area contributed by atoms with Crippen molar-refractivity contribution in [3.8, 4) is 5.75 Å². The SMILES string of the molecule is COc1ccccc1N1CC(C)C(N)=N1. The minimum absolute atomic E-state index is 0.301. The largest absolute Gasteiger partial charge is 0.495 e. The van der Waals surface area contributed by atoms with Crippen molar-refractivity contribution in [1.82, 2.24) is 0 Å². The molecule has 1 aliphatic heterocycles. The first-order chi connectivity index (χ1) is 7.22. The Kier molecular flexibility index (Phi) is 2.49. The molecule has 0 saturated heterocycles. The highest BCUT2D eigenvalue weighted by Crippen LogP contribution is 2.30. The van der Waals surface area contributed by atoms with Crippen molar-refractivity contribution in [3.63, 3.8) is 0 Å². The molecule has 0 bridgehead atoms. The normalized spacial score (nSPS) is 20.3. The number of rotatable bonds is 2. The Balaban J connectivity index is 2.31.